The zero-order chi connectivity index (χ0) is 16.0. The molecule has 1 spiro atoms. The fourth-order valence-electron chi connectivity index (χ4n) is 3.65. The van der Waals surface area contributed by atoms with E-state index in [-0.39, 0.29) is 16.2 Å². The molecular formula is C17H27N3OS. The number of piperidine rings is 1. The highest BCUT2D eigenvalue weighted by atomic mass is 32.2. The number of nitrogens with one attached hydrogen (secondary N) is 2. The maximum absolute atomic E-state index is 12.7. The highest BCUT2D eigenvalue weighted by molar-refractivity contribution is 7.90. The number of rotatable bonds is 2. The maximum atomic E-state index is 12.7. The van der Waals surface area contributed by atoms with Gasteiger partial charge < -0.3 is 9.87 Å². The normalized spacial score (nSPS) is 25.2. The molecule has 1 aliphatic carbocycles. The quantitative estimate of drug-likeness (QED) is 0.821. The predicted octanol–water partition coefficient (Wildman–Crippen LogP) is 2.41. The van der Waals surface area contributed by atoms with Gasteiger partial charge in [-0.1, -0.05) is 6.07 Å². The number of aromatic nitrogens is 1. The maximum Gasteiger partial charge on any atom is 0.136 e. The third-order valence-electron chi connectivity index (χ3n) is 4.97. The molecule has 1 aliphatic heterocycles. The van der Waals surface area contributed by atoms with Crippen LogP contribution in [0.3, 0.4) is 0 Å². The van der Waals surface area contributed by atoms with Gasteiger partial charge in [0.1, 0.15) is 4.75 Å². The average molecular weight is 321 g/mol. The molecular weight excluding hydrogens is 294 g/mol. The summed E-state index contributed by atoms with van der Waals surface area (Å²) in [6, 6.07) is 4.41. The van der Waals surface area contributed by atoms with Crippen LogP contribution in [0.1, 0.15) is 56.6 Å². The molecule has 3 rings (SSSR count). The van der Waals surface area contributed by atoms with E-state index in [4.69, 9.17) is 4.98 Å². The molecule has 0 amide bonds. The van der Waals surface area contributed by atoms with E-state index in [9.17, 15) is 4.55 Å². The molecule has 0 saturated carbocycles. The Morgan fingerprint density at radius 1 is 1.32 bits per heavy atom. The Bertz CT molecular complexity index is 549. The Morgan fingerprint density at radius 2 is 2.00 bits per heavy atom. The first-order valence-corrected chi connectivity index (χ1v) is 9.32. The Kier molecular flexibility index (Phi) is 4.27. The van der Waals surface area contributed by atoms with Crippen LogP contribution in [-0.2, 0) is 17.8 Å². The molecule has 1 unspecified atom stereocenters. The summed E-state index contributed by atoms with van der Waals surface area (Å²) in [5.74, 6) is 0. The number of hydrogen-bond acceptors (Lipinski definition) is 4. The van der Waals surface area contributed by atoms with Crippen LogP contribution in [-0.4, -0.2) is 27.4 Å². The molecule has 5 heteroatoms. The third-order valence-corrected chi connectivity index (χ3v) is 6.53. The van der Waals surface area contributed by atoms with Crippen molar-refractivity contribution in [2.45, 2.75) is 57.7 Å². The van der Waals surface area contributed by atoms with Crippen LogP contribution in [0.15, 0.2) is 12.1 Å². The van der Waals surface area contributed by atoms with Gasteiger partial charge in [0, 0.05) is 28.2 Å². The van der Waals surface area contributed by atoms with Crippen molar-refractivity contribution in [3.8, 4) is 0 Å². The van der Waals surface area contributed by atoms with Crippen molar-refractivity contribution in [3.63, 3.8) is 0 Å². The zero-order valence-corrected chi connectivity index (χ0v) is 14.8. The fraction of sp³-hybridized carbons (Fsp3) is 0.706. The van der Waals surface area contributed by atoms with Crippen molar-refractivity contribution in [3.05, 3.63) is 29.1 Å². The van der Waals surface area contributed by atoms with Crippen LogP contribution < -0.4 is 10.0 Å². The van der Waals surface area contributed by atoms with Gasteiger partial charge in [-0.2, -0.15) is 0 Å². The number of pyridine rings is 1. The minimum Gasteiger partial charge on any atom is -0.598 e. The van der Waals surface area contributed by atoms with Gasteiger partial charge in [-0.3, -0.25) is 4.98 Å². The summed E-state index contributed by atoms with van der Waals surface area (Å²) in [6.45, 7) is 10.2. The molecule has 122 valence electrons. The van der Waals surface area contributed by atoms with E-state index in [0.29, 0.717) is 0 Å². The van der Waals surface area contributed by atoms with E-state index < -0.39 is 11.4 Å². The molecule has 0 radical (unpaired) electrons. The number of fused-ring (bicyclic) bond motifs is 1. The minimum absolute atomic E-state index is 0.151. The van der Waals surface area contributed by atoms with Crippen molar-refractivity contribution in [1.82, 2.24) is 15.0 Å². The van der Waals surface area contributed by atoms with Crippen molar-refractivity contribution in [2.24, 2.45) is 5.41 Å². The van der Waals surface area contributed by atoms with Crippen molar-refractivity contribution < 1.29 is 4.55 Å². The third kappa shape index (κ3) is 2.92. The summed E-state index contributed by atoms with van der Waals surface area (Å²) in [5.41, 5.74) is 3.69. The molecule has 2 heterocycles. The van der Waals surface area contributed by atoms with Gasteiger partial charge in [0.2, 0.25) is 0 Å². The molecule has 22 heavy (non-hydrogen) atoms. The largest absolute Gasteiger partial charge is 0.598 e. The Morgan fingerprint density at radius 3 is 2.64 bits per heavy atom. The topological polar surface area (TPSA) is 60.0 Å². The zero-order valence-electron chi connectivity index (χ0n) is 14.0. The van der Waals surface area contributed by atoms with Gasteiger partial charge in [-0.25, -0.2) is 0 Å². The molecule has 1 saturated heterocycles. The highest BCUT2D eigenvalue weighted by Crippen LogP contribution is 2.51. The first-order valence-electron chi connectivity index (χ1n) is 8.17. The lowest BCUT2D eigenvalue weighted by Gasteiger charge is -2.40. The second kappa shape index (κ2) is 5.78. The Balaban J connectivity index is 1.94. The lowest BCUT2D eigenvalue weighted by Crippen LogP contribution is -2.48. The standard InChI is InChI=1S/C17H27N3OS/c1-12-5-6-13-14(19-12)11-17(7-9-18-10-8-17)15(13)20-22(21)16(2,3)4/h5-6,15,18,20H,7-11H2,1-4H3/t15-,22?/m1/s1. The van der Waals surface area contributed by atoms with Gasteiger partial charge >= 0.3 is 0 Å². The summed E-state index contributed by atoms with van der Waals surface area (Å²) < 4.78 is 15.9. The van der Waals surface area contributed by atoms with E-state index in [1.807, 2.05) is 27.7 Å². The lowest BCUT2D eigenvalue weighted by molar-refractivity contribution is 0.163. The van der Waals surface area contributed by atoms with Gasteiger partial charge in [0.25, 0.3) is 0 Å². The summed E-state index contributed by atoms with van der Waals surface area (Å²) >= 11 is -1.07. The SMILES string of the molecule is Cc1ccc2c(n1)CC1(CCNCC1)[C@@H]2N[S+]([O-])C(C)(C)C. The van der Waals surface area contributed by atoms with E-state index in [1.165, 1.54) is 11.3 Å². The van der Waals surface area contributed by atoms with Crippen LogP contribution in [0.2, 0.25) is 0 Å². The Labute approximate surface area is 136 Å². The lowest BCUT2D eigenvalue weighted by atomic mass is 9.74. The molecule has 1 aromatic heterocycles. The van der Waals surface area contributed by atoms with Crippen LogP contribution in [0.4, 0.5) is 0 Å². The smallest absolute Gasteiger partial charge is 0.136 e. The highest BCUT2D eigenvalue weighted by Gasteiger charge is 2.50. The van der Waals surface area contributed by atoms with Crippen LogP contribution in [0.5, 0.6) is 0 Å². The molecule has 1 aromatic rings. The number of hydrogen-bond donors (Lipinski definition) is 2. The molecule has 0 bridgehead atoms. The van der Waals surface area contributed by atoms with Crippen molar-refractivity contribution in [2.75, 3.05) is 13.1 Å². The van der Waals surface area contributed by atoms with E-state index >= 15 is 0 Å². The van der Waals surface area contributed by atoms with Gasteiger partial charge in [-0.05, 0) is 71.7 Å². The Hall–Kier alpha value is -0.620. The van der Waals surface area contributed by atoms with Crippen LogP contribution in [0.25, 0.3) is 0 Å². The first-order chi connectivity index (χ1) is 10.3. The second-order valence-corrected chi connectivity index (χ2v) is 9.71. The molecule has 2 N–H and O–H groups in total. The second-order valence-electron chi connectivity index (χ2n) is 7.71. The average Bonchev–Trinajstić information content (AvgIpc) is 2.71. The van der Waals surface area contributed by atoms with Crippen molar-refractivity contribution in [1.29, 1.82) is 0 Å². The summed E-state index contributed by atoms with van der Waals surface area (Å²) in [5, 5.41) is 3.45. The molecule has 2 aliphatic rings. The molecule has 4 nitrogen and oxygen atoms in total. The number of nitrogens with zero attached hydrogens (tertiary/aromatic N) is 1. The van der Waals surface area contributed by atoms with Crippen LogP contribution >= 0.6 is 0 Å². The molecule has 0 aromatic carbocycles. The van der Waals surface area contributed by atoms with Crippen molar-refractivity contribution >= 4 is 11.4 Å². The molecule has 2 atom stereocenters. The van der Waals surface area contributed by atoms with Gasteiger partial charge in [0.15, 0.2) is 0 Å². The monoisotopic (exact) mass is 321 g/mol. The first kappa shape index (κ1) is 16.2. The number of aryl methyl sites for hydroxylation is 1. The van der Waals surface area contributed by atoms with Gasteiger partial charge in [-0.15, -0.1) is 4.72 Å². The summed E-state index contributed by atoms with van der Waals surface area (Å²) in [4.78, 5) is 4.76. The molecule has 1 fully saturated rings. The van der Waals surface area contributed by atoms with Crippen LogP contribution in [0, 0.1) is 12.3 Å². The van der Waals surface area contributed by atoms with E-state index in [0.717, 1.165) is 38.0 Å². The van der Waals surface area contributed by atoms with Gasteiger partial charge in [0.05, 0.1) is 6.04 Å². The van der Waals surface area contributed by atoms with E-state index in [1.54, 1.807) is 0 Å². The fourth-order valence-corrected chi connectivity index (χ4v) is 4.60. The predicted molar refractivity (Wildman–Crippen MR) is 91.0 cm³/mol. The summed E-state index contributed by atoms with van der Waals surface area (Å²) in [6.07, 6.45) is 3.23. The van der Waals surface area contributed by atoms with E-state index in [2.05, 4.69) is 22.2 Å². The summed E-state index contributed by atoms with van der Waals surface area (Å²) in [7, 11) is 0. The minimum atomic E-state index is -1.07.